The van der Waals surface area contributed by atoms with Crippen molar-refractivity contribution < 1.29 is 19.1 Å². The maximum absolute atomic E-state index is 13.1. The first-order valence-electron chi connectivity index (χ1n) is 10.4. The molecule has 5 nitrogen and oxygen atoms in total. The quantitative estimate of drug-likeness (QED) is 0.383. The highest BCUT2D eigenvalue weighted by molar-refractivity contribution is 5.88. The van der Waals surface area contributed by atoms with E-state index in [2.05, 4.69) is 19.1 Å². The number of carbonyl (C=O) groups is 2. The fourth-order valence-electron chi connectivity index (χ4n) is 4.47. The Morgan fingerprint density at radius 1 is 1.21 bits per heavy atom. The average molecular weight is 386 g/mol. The Bertz CT molecular complexity index is 712. The van der Waals surface area contributed by atoms with E-state index in [1.165, 1.54) is 0 Å². The second-order valence-electron chi connectivity index (χ2n) is 7.57. The number of rotatable bonds is 8. The van der Waals surface area contributed by atoms with Crippen LogP contribution in [0.1, 0.15) is 51.1 Å². The fraction of sp³-hybridized carbons (Fsp3) is 0.565. The third kappa shape index (κ3) is 3.94. The Balaban J connectivity index is 1.89. The van der Waals surface area contributed by atoms with Crippen LogP contribution in [-0.4, -0.2) is 37.0 Å². The molecule has 3 rings (SSSR count). The molecule has 4 atom stereocenters. The Hall–Kier alpha value is -2.30. The largest absolute Gasteiger partial charge is 0.497 e. The SMILES string of the molecule is CCCCN1C(=O)[C@@H]([C@@H]2C=CCC[C@H]2C(=O)OCC)[C@H]1c1ccc(OC)cc1. The zero-order valence-corrected chi connectivity index (χ0v) is 17.1. The van der Waals surface area contributed by atoms with Gasteiger partial charge in [-0.2, -0.15) is 0 Å². The summed E-state index contributed by atoms with van der Waals surface area (Å²) in [6, 6.07) is 7.94. The molecule has 0 aromatic heterocycles. The van der Waals surface area contributed by atoms with E-state index >= 15 is 0 Å². The predicted octanol–water partition coefficient (Wildman–Crippen LogP) is 4.14. The van der Waals surface area contributed by atoms with E-state index in [1.54, 1.807) is 7.11 Å². The number of benzene rings is 1. The molecule has 0 N–H and O–H groups in total. The van der Waals surface area contributed by atoms with Crippen LogP contribution in [0.2, 0.25) is 0 Å². The van der Waals surface area contributed by atoms with E-state index in [1.807, 2.05) is 36.1 Å². The highest BCUT2D eigenvalue weighted by Crippen LogP contribution is 2.49. The number of amides is 1. The maximum Gasteiger partial charge on any atom is 0.309 e. The van der Waals surface area contributed by atoms with E-state index < -0.39 is 0 Å². The summed E-state index contributed by atoms with van der Waals surface area (Å²) >= 11 is 0. The molecule has 1 aliphatic carbocycles. The molecule has 0 unspecified atom stereocenters. The minimum absolute atomic E-state index is 0.00497. The predicted molar refractivity (Wildman–Crippen MR) is 108 cm³/mol. The molecule has 1 amide bonds. The first kappa shape index (κ1) is 20.4. The summed E-state index contributed by atoms with van der Waals surface area (Å²) in [6.07, 6.45) is 7.79. The molecular weight excluding hydrogens is 354 g/mol. The molecule has 1 saturated heterocycles. The van der Waals surface area contributed by atoms with E-state index in [-0.39, 0.29) is 35.7 Å². The Labute approximate surface area is 167 Å². The minimum Gasteiger partial charge on any atom is -0.497 e. The van der Waals surface area contributed by atoms with Crippen molar-refractivity contribution in [3.8, 4) is 5.75 Å². The smallest absolute Gasteiger partial charge is 0.309 e. The number of hydrogen-bond acceptors (Lipinski definition) is 4. The number of allylic oxidation sites excluding steroid dienone is 2. The van der Waals surface area contributed by atoms with Gasteiger partial charge < -0.3 is 14.4 Å². The number of esters is 1. The lowest BCUT2D eigenvalue weighted by Gasteiger charge is -2.51. The van der Waals surface area contributed by atoms with Crippen LogP contribution in [0.25, 0.3) is 0 Å². The summed E-state index contributed by atoms with van der Waals surface area (Å²) < 4.78 is 10.6. The second kappa shape index (κ2) is 9.26. The molecule has 0 spiro atoms. The van der Waals surface area contributed by atoms with Gasteiger partial charge in [0, 0.05) is 12.5 Å². The molecule has 1 fully saturated rings. The van der Waals surface area contributed by atoms with Gasteiger partial charge in [0.15, 0.2) is 0 Å². The topological polar surface area (TPSA) is 55.8 Å². The van der Waals surface area contributed by atoms with Gasteiger partial charge in [0.05, 0.1) is 31.6 Å². The lowest BCUT2D eigenvalue weighted by atomic mass is 9.67. The van der Waals surface area contributed by atoms with E-state index in [0.29, 0.717) is 6.61 Å². The van der Waals surface area contributed by atoms with Gasteiger partial charge >= 0.3 is 5.97 Å². The molecule has 0 radical (unpaired) electrons. The van der Waals surface area contributed by atoms with Crippen molar-refractivity contribution in [2.75, 3.05) is 20.3 Å². The monoisotopic (exact) mass is 385 g/mol. The number of hydrogen-bond donors (Lipinski definition) is 0. The Morgan fingerprint density at radius 3 is 2.61 bits per heavy atom. The van der Waals surface area contributed by atoms with Crippen molar-refractivity contribution in [1.82, 2.24) is 4.90 Å². The van der Waals surface area contributed by atoms with E-state index in [9.17, 15) is 9.59 Å². The summed E-state index contributed by atoms with van der Waals surface area (Å²) in [5.74, 6) is 0.215. The van der Waals surface area contributed by atoms with Crippen molar-refractivity contribution in [3.05, 3.63) is 42.0 Å². The van der Waals surface area contributed by atoms with Crippen molar-refractivity contribution in [1.29, 1.82) is 0 Å². The van der Waals surface area contributed by atoms with Gasteiger partial charge in [0.1, 0.15) is 5.75 Å². The Kier molecular flexibility index (Phi) is 6.76. The van der Waals surface area contributed by atoms with Crippen molar-refractivity contribution in [2.45, 2.75) is 45.6 Å². The zero-order chi connectivity index (χ0) is 20.1. The summed E-state index contributed by atoms with van der Waals surface area (Å²) in [7, 11) is 1.65. The molecule has 2 aliphatic rings. The van der Waals surface area contributed by atoms with Crippen LogP contribution in [0.15, 0.2) is 36.4 Å². The molecule has 5 heteroatoms. The standard InChI is InChI=1S/C23H31NO4/c1-4-6-15-24-21(16-11-13-17(27-3)14-12-16)20(22(24)25)18-9-7-8-10-19(18)23(26)28-5-2/h7,9,11-14,18-21H,4-6,8,10,15H2,1-3H3/t18-,19-,20+,21-/m1/s1. The number of methoxy groups -OCH3 is 1. The van der Waals surface area contributed by atoms with Crippen LogP contribution >= 0.6 is 0 Å². The maximum atomic E-state index is 13.1. The summed E-state index contributed by atoms with van der Waals surface area (Å²) in [6.45, 7) is 5.08. The van der Waals surface area contributed by atoms with Crippen molar-refractivity contribution >= 4 is 11.9 Å². The molecular formula is C23H31NO4. The molecule has 1 aromatic carbocycles. The van der Waals surface area contributed by atoms with Crippen molar-refractivity contribution in [3.63, 3.8) is 0 Å². The zero-order valence-electron chi connectivity index (χ0n) is 17.1. The average Bonchev–Trinajstić information content (AvgIpc) is 2.72. The second-order valence-corrected chi connectivity index (χ2v) is 7.57. The third-order valence-electron chi connectivity index (χ3n) is 5.93. The van der Waals surface area contributed by atoms with Crippen LogP contribution in [-0.2, 0) is 14.3 Å². The highest BCUT2D eigenvalue weighted by Gasteiger charge is 2.53. The normalized spacial score (nSPS) is 26.7. The number of β-lactam (4-membered cyclic amide) rings is 1. The van der Waals surface area contributed by atoms with E-state index in [0.717, 1.165) is 43.5 Å². The number of unbranched alkanes of at least 4 members (excludes halogenated alkanes) is 1. The van der Waals surface area contributed by atoms with Crippen LogP contribution < -0.4 is 4.74 Å². The number of carbonyl (C=O) groups excluding carboxylic acids is 2. The molecule has 152 valence electrons. The Morgan fingerprint density at radius 2 is 1.96 bits per heavy atom. The molecule has 0 bridgehead atoms. The lowest BCUT2D eigenvalue weighted by molar-refractivity contribution is -0.165. The molecule has 0 saturated carbocycles. The van der Waals surface area contributed by atoms with Crippen LogP contribution in [0, 0.1) is 17.8 Å². The number of likely N-dealkylation sites (tertiary alicyclic amines) is 1. The highest BCUT2D eigenvalue weighted by atomic mass is 16.5. The fourth-order valence-corrected chi connectivity index (χ4v) is 4.47. The van der Waals surface area contributed by atoms with Crippen LogP contribution in [0.3, 0.4) is 0 Å². The summed E-state index contributed by atoms with van der Waals surface area (Å²) in [5.41, 5.74) is 1.10. The molecule has 1 heterocycles. The number of ether oxygens (including phenoxy) is 2. The van der Waals surface area contributed by atoms with Gasteiger partial charge in [-0.1, -0.05) is 37.6 Å². The van der Waals surface area contributed by atoms with Crippen molar-refractivity contribution in [2.24, 2.45) is 17.8 Å². The van der Waals surface area contributed by atoms with Gasteiger partial charge in [0.25, 0.3) is 0 Å². The van der Waals surface area contributed by atoms with Gasteiger partial charge in [-0.25, -0.2) is 0 Å². The minimum atomic E-state index is -0.243. The first-order valence-corrected chi connectivity index (χ1v) is 10.4. The molecule has 1 aromatic rings. The lowest BCUT2D eigenvalue weighted by Crippen LogP contribution is -2.59. The van der Waals surface area contributed by atoms with Gasteiger partial charge in [-0.15, -0.1) is 0 Å². The summed E-state index contributed by atoms with van der Waals surface area (Å²) in [4.78, 5) is 27.6. The van der Waals surface area contributed by atoms with Gasteiger partial charge in [-0.3, -0.25) is 9.59 Å². The third-order valence-corrected chi connectivity index (χ3v) is 5.93. The first-order chi connectivity index (χ1) is 13.6. The molecule has 28 heavy (non-hydrogen) atoms. The van der Waals surface area contributed by atoms with Gasteiger partial charge in [-0.05, 0) is 43.9 Å². The summed E-state index contributed by atoms with van der Waals surface area (Å²) in [5, 5.41) is 0. The van der Waals surface area contributed by atoms with Crippen LogP contribution in [0.5, 0.6) is 5.75 Å². The molecule has 1 aliphatic heterocycles. The number of nitrogens with zero attached hydrogens (tertiary/aromatic N) is 1. The van der Waals surface area contributed by atoms with Crippen LogP contribution in [0.4, 0.5) is 0 Å². The van der Waals surface area contributed by atoms with E-state index in [4.69, 9.17) is 9.47 Å². The van der Waals surface area contributed by atoms with Gasteiger partial charge in [0.2, 0.25) is 5.91 Å².